The summed E-state index contributed by atoms with van der Waals surface area (Å²) < 4.78 is 27.8. The van der Waals surface area contributed by atoms with Crippen LogP contribution in [0, 0.1) is 20.0 Å². The topological polar surface area (TPSA) is 72.8 Å². The maximum Gasteiger partial charge on any atom is 0 e. The summed E-state index contributed by atoms with van der Waals surface area (Å²) in [6, 6.07) is 3.95. The quantitative estimate of drug-likeness (QED) is 0.444. The van der Waals surface area contributed by atoms with Crippen molar-refractivity contribution in [1.29, 1.82) is 0 Å². The van der Waals surface area contributed by atoms with Gasteiger partial charge in [0.15, 0.2) is 0 Å². The molecule has 0 aromatic carbocycles. The van der Waals surface area contributed by atoms with Gasteiger partial charge in [-0.05, 0) is 18.6 Å². The molecule has 5 heteroatoms. The summed E-state index contributed by atoms with van der Waals surface area (Å²) in [5.41, 5.74) is 0. The van der Waals surface area contributed by atoms with Gasteiger partial charge in [-0.15, -0.1) is 0 Å². The summed E-state index contributed by atoms with van der Waals surface area (Å²) in [5, 5.41) is 0. The van der Waals surface area contributed by atoms with Crippen LogP contribution in [0.2, 0.25) is 0 Å². The Hall–Kier alpha value is -1.50. The van der Waals surface area contributed by atoms with E-state index in [1.165, 1.54) is 0 Å². The average Bonchev–Trinajstić information content (AvgIpc) is 3.01. The van der Waals surface area contributed by atoms with E-state index in [9.17, 15) is 0 Å². The molecule has 94 valence electrons. The molecular weight excluding hydrogens is 276 g/mol. The summed E-state index contributed by atoms with van der Waals surface area (Å²) >= 11 is 0. The summed E-state index contributed by atoms with van der Waals surface area (Å²) in [6.07, 6.45) is 11.2. The van der Waals surface area contributed by atoms with Crippen LogP contribution in [0.1, 0.15) is 18.1 Å². The third kappa shape index (κ3) is 8.63. The Morgan fingerprint density at radius 1 is 1.06 bits per heavy atom. The van der Waals surface area contributed by atoms with Crippen LogP contribution in [0.3, 0.4) is 0 Å². The molecule has 2 rings (SSSR count). The van der Waals surface area contributed by atoms with Gasteiger partial charge >= 0.3 is 33.9 Å². The maximum absolute atomic E-state index is 7.50. The maximum atomic E-state index is 7.50. The zero-order valence-electron chi connectivity index (χ0n) is 9.31. The molecule has 1 aromatic rings. The first-order chi connectivity index (χ1) is 8.47. The minimum atomic E-state index is 0. The van der Waals surface area contributed by atoms with Gasteiger partial charge in [0.1, 0.15) is 5.76 Å². The first kappa shape index (κ1) is 21.8. The van der Waals surface area contributed by atoms with Gasteiger partial charge in [0.25, 0.3) is 0 Å². The molecule has 0 aliphatic heterocycles. The third-order valence-corrected chi connectivity index (χ3v) is 1.89. The number of hydrogen-bond acceptors (Lipinski definition) is 1. The zero-order chi connectivity index (χ0) is 13.5. The van der Waals surface area contributed by atoms with Crippen LogP contribution in [0.25, 0.3) is 0 Å². The molecule has 1 aromatic heterocycles. The van der Waals surface area contributed by atoms with Gasteiger partial charge < -0.3 is 4.42 Å². The van der Waals surface area contributed by atoms with Crippen LogP contribution in [-0.2, 0) is 31.0 Å². The van der Waals surface area contributed by atoms with Gasteiger partial charge in [-0.25, -0.2) is 0 Å². The molecule has 0 fully saturated rings. The molecular formula is C13H10FeO4. The van der Waals surface area contributed by atoms with Crippen molar-refractivity contribution in [2.45, 2.75) is 12.3 Å². The van der Waals surface area contributed by atoms with Crippen molar-refractivity contribution in [3.63, 3.8) is 0 Å². The van der Waals surface area contributed by atoms with Crippen LogP contribution in [-0.4, -0.2) is 0 Å². The SMILES string of the molecule is C1=CCC(c2ccco2)C=C1.[C-]#[O+].[C-]#[O+].[C-]#[O+].[Fe]. The van der Waals surface area contributed by atoms with E-state index in [1.54, 1.807) is 6.26 Å². The smallest absolute Gasteiger partial charge is 0 e. The molecule has 1 unspecified atom stereocenters. The molecule has 0 N–H and O–H groups in total. The fourth-order valence-corrected chi connectivity index (χ4v) is 1.29. The predicted octanol–water partition coefficient (Wildman–Crippen LogP) is 2.76. The first-order valence-electron chi connectivity index (χ1n) is 4.45. The summed E-state index contributed by atoms with van der Waals surface area (Å²) in [5.74, 6) is 1.51. The van der Waals surface area contributed by atoms with Gasteiger partial charge in [0.05, 0.1) is 6.26 Å². The molecule has 0 saturated carbocycles. The second-order valence-corrected chi connectivity index (χ2v) is 2.67. The van der Waals surface area contributed by atoms with Gasteiger partial charge in [-0.3, -0.25) is 0 Å². The van der Waals surface area contributed by atoms with Crippen molar-refractivity contribution >= 4 is 0 Å². The molecule has 0 spiro atoms. The standard InChI is InChI=1S/C10H10O.3CO.Fe/c1-2-5-9(6-3-1)10-7-4-8-11-10;3*1-2;/h1-5,7-9H,6H2;;;;. The van der Waals surface area contributed by atoms with E-state index >= 15 is 0 Å². The Balaban J connectivity index is -0.000000285. The summed E-state index contributed by atoms with van der Waals surface area (Å²) in [7, 11) is 0. The van der Waals surface area contributed by atoms with E-state index in [1.807, 2.05) is 12.1 Å². The fraction of sp³-hybridized carbons (Fsp3) is 0.154. The van der Waals surface area contributed by atoms with Crippen molar-refractivity contribution in [2.75, 3.05) is 0 Å². The van der Waals surface area contributed by atoms with E-state index in [-0.39, 0.29) is 17.1 Å². The molecule has 1 heterocycles. The number of allylic oxidation sites excluding steroid dienone is 4. The van der Waals surface area contributed by atoms with Gasteiger partial charge in [-0.1, -0.05) is 24.3 Å². The van der Waals surface area contributed by atoms with E-state index < -0.39 is 0 Å². The van der Waals surface area contributed by atoms with Crippen molar-refractivity contribution in [3.8, 4) is 0 Å². The molecule has 18 heavy (non-hydrogen) atoms. The van der Waals surface area contributed by atoms with Crippen LogP contribution >= 0.6 is 0 Å². The van der Waals surface area contributed by atoms with Crippen LogP contribution in [0.15, 0.2) is 47.1 Å². The second-order valence-electron chi connectivity index (χ2n) is 2.67. The first-order valence-corrected chi connectivity index (χ1v) is 4.45. The normalized spacial score (nSPS) is 14.0. The Morgan fingerprint density at radius 2 is 1.67 bits per heavy atom. The molecule has 4 nitrogen and oxygen atoms in total. The van der Waals surface area contributed by atoms with Crippen LogP contribution in [0.5, 0.6) is 0 Å². The predicted molar refractivity (Wildman–Crippen MR) is 56.1 cm³/mol. The zero-order valence-corrected chi connectivity index (χ0v) is 10.4. The molecule has 1 aliphatic rings. The van der Waals surface area contributed by atoms with Gasteiger partial charge in [-0.2, -0.15) is 0 Å². The van der Waals surface area contributed by atoms with E-state index in [0.29, 0.717) is 5.92 Å². The minimum Gasteiger partial charge on any atom is 0 e. The molecule has 1 aliphatic carbocycles. The van der Waals surface area contributed by atoms with Gasteiger partial charge in [0, 0.05) is 23.0 Å². The van der Waals surface area contributed by atoms with E-state index in [2.05, 4.69) is 44.3 Å². The van der Waals surface area contributed by atoms with Crippen molar-refractivity contribution < 1.29 is 35.4 Å². The second kappa shape index (κ2) is 17.9. The van der Waals surface area contributed by atoms with Crippen molar-refractivity contribution in [3.05, 3.63) is 68.4 Å². The summed E-state index contributed by atoms with van der Waals surface area (Å²) in [6.45, 7) is 13.5. The fourth-order valence-electron chi connectivity index (χ4n) is 1.29. The Labute approximate surface area is 116 Å². The van der Waals surface area contributed by atoms with Crippen molar-refractivity contribution in [2.24, 2.45) is 0 Å². The number of furan rings is 1. The average molecular weight is 286 g/mol. The van der Waals surface area contributed by atoms with Crippen molar-refractivity contribution in [1.82, 2.24) is 0 Å². The Kier molecular flexibility index (Phi) is 21.6. The van der Waals surface area contributed by atoms with Crippen LogP contribution in [0.4, 0.5) is 0 Å². The molecule has 0 amide bonds. The molecule has 1 atom stereocenters. The van der Waals surface area contributed by atoms with E-state index in [0.717, 1.165) is 12.2 Å². The monoisotopic (exact) mass is 286 g/mol. The Bertz CT molecular complexity index is 371. The minimum absolute atomic E-state index is 0. The summed E-state index contributed by atoms with van der Waals surface area (Å²) in [4.78, 5) is 0. The van der Waals surface area contributed by atoms with Crippen LogP contribution < -0.4 is 0 Å². The van der Waals surface area contributed by atoms with Gasteiger partial charge in [0.2, 0.25) is 0 Å². The number of rotatable bonds is 1. The Morgan fingerprint density at radius 3 is 2.06 bits per heavy atom. The third-order valence-electron chi connectivity index (χ3n) is 1.89. The van der Waals surface area contributed by atoms with E-state index in [4.69, 9.17) is 18.4 Å². The molecule has 0 bridgehead atoms. The molecule has 0 radical (unpaired) electrons. The largest absolute Gasteiger partial charge is 0 e. The molecule has 0 saturated heterocycles. The number of hydrogen-bond donors (Lipinski definition) is 0.